The molecule has 5 heteroatoms. The number of furan rings is 1. The molecule has 0 aliphatic carbocycles. The van der Waals surface area contributed by atoms with Crippen LogP contribution in [-0.2, 0) is 17.6 Å². The normalized spacial score (nSPS) is 15.9. The van der Waals surface area contributed by atoms with Gasteiger partial charge in [0.2, 0.25) is 6.41 Å². The molecule has 0 saturated carbocycles. The first-order valence-corrected chi connectivity index (χ1v) is 10.3. The van der Waals surface area contributed by atoms with Crippen LogP contribution in [0.25, 0.3) is 11.0 Å². The summed E-state index contributed by atoms with van der Waals surface area (Å²) in [6.07, 6.45) is 4.46. The van der Waals surface area contributed by atoms with E-state index in [-0.39, 0.29) is 6.04 Å². The van der Waals surface area contributed by atoms with Gasteiger partial charge in [0.05, 0.1) is 19.8 Å². The highest BCUT2D eigenvalue weighted by Gasteiger charge is 2.28. The molecule has 5 nitrogen and oxygen atoms in total. The van der Waals surface area contributed by atoms with Gasteiger partial charge in [-0.2, -0.15) is 0 Å². The van der Waals surface area contributed by atoms with Crippen molar-refractivity contribution in [3.8, 4) is 11.5 Å². The van der Waals surface area contributed by atoms with Crippen LogP contribution in [0, 0.1) is 0 Å². The Morgan fingerprint density at radius 2 is 2.07 bits per heavy atom. The number of fused-ring (bicyclic) bond motifs is 2. The standard InChI is InChI=1S/C24H27NO4/c1-3-28-24-15-20-17(14-23(24)27-2)11-12-25(16-26)21(20)9-6-8-19-13-18-7-4-5-10-22(18)29-19/h4-5,7,10,13-16,21H,3,6,8-9,11-12H2,1-2H3/t21-/m0/s1. The van der Waals surface area contributed by atoms with Crippen LogP contribution in [0.15, 0.2) is 46.9 Å². The van der Waals surface area contributed by atoms with Crippen molar-refractivity contribution < 1.29 is 18.7 Å². The van der Waals surface area contributed by atoms with Gasteiger partial charge < -0.3 is 18.8 Å². The molecule has 0 saturated heterocycles. The van der Waals surface area contributed by atoms with Crippen LogP contribution in [0.1, 0.15) is 42.7 Å². The Hall–Kier alpha value is -2.95. The number of aryl methyl sites for hydroxylation is 1. The predicted molar refractivity (Wildman–Crippen MR) is 113 cm³/mol. The van der Waals surface area contributed by atoms with Gasteiger partial charge in [-0.05, 0) is 61.6 Å². The highest BCUT2D eigenvalue weighted by Crippen LogP contribution is 2.39. The first-order valence-electron chi connectivity index (χ1n) is 10.3. The summed E-state index contributed by atoms with van der Waals surface area (Å²) < 4.78 is 17.2. The van der Waals surface area contributed by atoms with Crippen LogP contribution in [-0.4, -0.2) is 31.6 Å². The SMILES string of the molecule is CCOc1cc2c(cc1OC)CCN(C=O)[C@H]2CCCc1cc2ccccc2o1. The lowest BCUT2D eigenvalue weighted by molar-refractivity contribution is -0.120. The van der Waals surface area contributed by atoms with Crippen molar-refractivity contribution in [2.45, 2.75) is 38.6 Å². The van der Waals surface area contributed by atoms with Crippen molar-refractivity contribution in [1.82, 2.24) is 4.90 Å². The fourth-order valence-corrected chi connectivity index (χ4v) is 4.23. The number of benzene rings is 2. The average Bonchev–Trinajstić information content (AvgIpc) is 3.16. The molecule has 2 aromatic carbocycles. The van der Waals surface area contributed by atoms with Gasteiger partial charge in [0.15, 0.2) is 11.5 Å². The van der Waals surface area contributed by atoms with Crippen molar-refractivity contribution in [3.05, 3.63) is 59.4 Å². The molecule has 3 aromatic rings. The molecule has 29 heavy (non-hydrogen) atoms. The fourth-order valence-electron chi connectivity index (χ4n) is 4.23. The molecule has 152 valence electrons. The van der Waals surface area contributed by atoms with Crippen LogP contribution >= 0.6 is 0 Å². The number of carbonyl (C=O) groups excluding carboxylic acids is 1. The summed E-state index contributed by atoms with van der Waals surface area (Å²) in [6, 6.07) is 14.3. The Morgan fingerprint density at radius 1 is 1.21 bits per heavy atom. The first-order chi connectivity index (χ1) is 14.2. The number of para-hydroxylation sites is 1. The number of hydrogen-bond acceptors (Lipinski definition) is 4. The molecule has 0 fully saturated rings. The lowest BCUT2D eigenvalue weighted by Crippen LogP contribution is -2.34. The number of methoxy groups -OCH3 is 1. The van der Waals surface area contributed by atoms with Gasteiger partial charge in [-0.15, -0.1) is 0 Å². The highest BCUT2D eigenvalue weighted by atomic mass is 16.5. The Kier molecular flexibility index (Phi) is 5.74. The van der Waals surface area contributed by atoms with E-state index in [1.807, 2.05) is 30.0 Å². The van der Waals surface area contributed by atoms with Crippen molar-refractivity contribution >= 4 is 17.4 Å². The van der Waals surface area contributed by atoms with Crippen LogP contribution in [0.3, 0.4) is 0 Å². The molecule has 0 N–H and O–H groups in total. The third-order valence-corrected chi connectivity index (χ3v) is 5.64. The van der Waals surface area contributed by atoms with Crippen LogP contribution in [0.5, 0.6) is 11.5 Å². The molecule has 0 unspecified atom stereocenters. The molecule has 1 amide bonds. The summed E-state index contributed by atoms with van der Waals surface area (Å²) in [5.74, 6) is 2.49. The van der Waals surface area contributed by atoms with Gasteiger partial charge in [0.1, 0.15) is 11.3 Å². The zero-order valence-corrected chi connectivity index (χ0v) is 17.0. The smallest absolute Gasteiger partial charge is 0.210 e. The molecule has 1 atom stereocenters. The molecule has 0 bridgehead atoms. The minimum Gasteiger partial charge on any atom is -0.493 e. The lowest BCUT2D eigenvalue weighted by Gasteiger charge is -2.35. The van der Waals surface area contributed by atoms with Gasteiger partial charge in [-0.1, -0.05) is 18.2 Å². The minimum atomic E-state index is 0.0470. The molecule has 2 heterocycles. The zero-order chi connectivity index (χ0) is 20.2. The maximum absolute atomic E-state index is 11.7. The summed E-state index contributed by atoms with van der Waals surface area (Å²) in [5, 5.41) is 1.13. The van der Waals surface area contributed by atoms with Crippen molar-refractivity contribution in [3.63, 3.8) is 0 Å². The van der Waals surface area contributed by atoms with E-state index in [1.54, 1.807) is 7.11 Å². The minimum absolute atomic E-state index is 0.0470. The van der Waals surface area contributed by atoms with Crippen LogP contribution in [0.2, 0.25) is 0 Å². The number of amides is 1. The Balaban J connectivity index is 1.53. The Morgan fingerprint density at radius 3 is 2.83 bits per heavy atom. The molecule has 4 rings (SSSR count). The van der Waals surface area contributed by atoms with Gasteiger partial charge in [-0.3, -0.25) is 4.79 Å². The number of rotatable bonds is 8. The lowest BCUT2D eigenvalue weighted by atomic mass is 9.89. The second kappa shape index (κ2) is 8.60. The van der Waals surface area contributed by atoms with Crippen molar-refractivity contribution in [2.24, 2.45) is 0 Å². The van der Waals surface area contributed by atoms with Crippen molar-refractivity contribution in [1.29, 1.82) is 0 Å². The maximum atomic E-state index is 11.7. The van der Waals surface area contributed by atoms with Gasteiger partial charge in [-0.25, -0.2) is 0 Å². The summed E-state index contributed by atoms with van der Waals surface area (Å²) in [4.78, 5) is 13.6. The molecule has 1 aliphatic heterocycles. The number of carbonyl (C=O) groups is 1. The van der Waals surface area contributed by atoms with E-state index in [1.165, 1.54) is 5.56 Å². The third kappa shape index (κ3) is 3.95. The second-order valence-corrected chi connectivity index (χ2v) is 7.39. The average molecular weight is 393 g/mol. The van der Waals surface area contributed by atoms with E-state index in [2.05, 4.69) is 24.3 Å². The summed E-state index contributed by atoms with van der Waals surface area (Å²) in [7, 11) is 1.66. The molecular formula is C24H27NO4. The molecule has 0 radical (unpaired) electrons. The summed E-state index contributed by atoms with van der Waals surface area (Å²) >= 11 is 0. The third-order valence-electron chi connectivity index (χ3n) is 5.64. The Labute approximate surface area is 171 Å². The second-order valence-electron chi connectivity index (χ2n) is 7.39. The molecule has 0 spiro atoms. The molecule has 1 aliphatic rings. The molecular weight excluding hydrogens is 366 g/mol. The zero-order valence-electron chi connectivity index (χ0n) is 17.0. The van der Waals surface area contributed by atoms with Gasteiger partial charge in [0.25, 0.3) is 0 Å². The van der Waals surface area contributed by atoms with E-state index in [4.69, 9.17) is 13.9 Å². The fraction of sp³-hybridized carbons (Fsp3) is 0.375. The quantitative estimate of drug-likeness (QED) is 0.510. The number of hydrogen-bond donors (Lipinski definition) is 0. The van der Waals surface area contributed by atoms with Crippen LogP contribution in [0.4, 0.5) is 0 Å². The highest BCUT2D eigenvalue weighted by molar-refractivity contribution is 5.77. The Bertz CT molecular complexity index is 961. The van der Waals surface area contributed by atoms with Crippen LogP contribution < -0.4 is 9.47 Å². The van der Waals surface area contributed by atoms with E-state index < -0.39 is 0 Å². The maximum Gasteiger partial charge on any atom is 0.210 e. The van der Waals surface area contributed by atoms with Gasteiger partial charge >= 0.3 is 0 Å². The first kappa shape index (κ1) is 19.4. The monoisotopic (exact) mass is 393 g/mol. The summed E-state index contributed by atoms with van der Waals surface area (Å²) in [5.41, 5.74) is 3.32. The van der Waals surface area contributed by atoms with E-state index in [0.717, 1.165) is 72.4 Å². The molecule has 1 aromatic heterocycles. The predicted octanol–water partition coefficient (Wildman–Crippen LogP) is 4.92. The van der Waals surface area contributed by atoms with Gasteiger partial charge in [0, 0.05) is 18.4 Å². The van der Waals surface area contributed by atoms with E-state index in [9.17, 15) is 4.79 Å². The number of ether oxygens (including phenoxy) is 2. The number of nitrogens with zero attached hydrogens (tertiary/aromatic N) is 1. The van der Waals surface area contributed by atoms with Crippen molar-refractivity contribution in [2.75, 3.05) is 20.3 Å². The topological polar surface area (TPSA) is 51.9 Å². The summed E-state index contributed by atoms with van der Waals surface area (Å²) in [6.45, 7) is 3.26. The largest absolute Gasteiger partial charge is 0.493 e. The van der Waals surface area contributed by atoms with E-state index in [0.29, 0.717) is 6.61 Å². The van der Waals surface area contributed by atoms with E-state index >= 15 is 0 Å².